The van der Waals surface area contributed by atoms with Crippen LogP contribution in [0.15, 0.2) is 30.3 Å². The molecule has 3 rings (SSSR count). The van der Waals surface area contributed by atoms with E-state index < -0.39 is 5.41 Å². The summed E-state index contributed by atoms with van der Waals surface area (Å²) in [7, 11) is 3.10. The second-order valence-corrected chi connectivity index (χ2v) is 8.90. The minimum Gasteiger partial charge on any atom is -0.493 e. The molecule has 0 radical (unpaired) electrons. The van der Waals surface area contributed by atoms with Crippen molar-refractivity contribution in [2.24, 2.45) is 11.3 Å². The molecule has 0 fully saturated rings. The Labute approximate surface area is 189 Å². The van der Waals surface area contributed by atoms with Gasteiger partial charge in [0.25, 0.3) is 5.91 Å². The van der Waals surface area contributed by atoms with E-state index in [-0.39, 0.29) is 24.4 Å². The van der Waals surface area contributed by atoms with Gasteiger partial charge in [-0.3, -0.25) is 9.59 Å². The first-order valence-electron chi connectivity index (χ1n) is 10.6. The summed E-state index contributed by atoms with van der Waals surface area (Å²) in [6.45, 7) is 8.49. The van der Waals surface area contributed by atoms with Crippen LogP contribution >= 0.6 is 0 Å². The standard InChI is InChI=1S/C25H31NO6/c1-15(2)13-31-24(28)25(3,4)14-32-21-18(9-10-20(29-5)22(21)30-6)16-7-8-19-17(11-16)12-26-23(19)27/h7-11,15H,12-14H2,1-6H3,(H,26,27). The topological polar surface area (TPSA) is 83.1 Å². The normalized spacial score (nSPS) is 12.9. The monoisotopic (exact) mass is 441 g/mol. The molecule has 1 N–H and O–H groups in total. The molecule has 0 atom stereocenters. The Morgan fingerprint density at radius 1 is 1.06 bits per heavy atom. The lowest BCUT2D eigenvalue weighted by Gasteiger charge is -2.25. The van der Waals surface area contributed by atoms with Crippen LogP contribution in [0.25, 0.3) is 11.1 Å². The lowest BCUT2D eigenvalue weighted by molar-refractivity contribution is -0.156. The smallest absolute Gasteiger partial charge is 0.314 e. The quantitative estimate of drug-likeness (QED) is 0.587. The summed E-state index contributed by atoms with van der Waals surface area (Å²) in [5, 5.41) is 2.83. The molecule has 0 spiro atoms. The van der Waals surface area contributed by atoms with Crippen molar-refractivity contribution in [3.8, 4) is 28.4 Å². The first-order valence-corrected chi connectivity index (χ1v) is 10.6. The largest absolute Gasteiger partial charge is 0.493 e. The summed E-state index contributed by atoms with van der Waals surface area (Å²) in [6.07, 6.45) is 0. The fourth-order valence-electron chi connectivity index (χ4n) is 3.42. The molecule has 0 saturated carbocycles. The lowest BCUT2D eigenvalue weighted by Crippen LogP contribution is -2.33. The number of benzene rings is 2. The van der Waals surface area contributed by atoms with Gasteiger partial charge in [0, 0.05) is 17.7 Å². The molecule has 2 aromatic rings. The van der Waals surface area contributed by atoms with Crippen LogP contribution in [-0.2, 0) is 16.1 Å². The van der Waals surface area contributed by atoms with Gasteiger partial charge in [0.2, 0.25) is 5.75 Å². The zero-order chi connectivity index (χ0) is 23.5. The first-order chi connectivity index (χ1) is 15.2. The number of nitrogens with one attached hydrogen (secondary N) is 1. The van der Waals surface area contributed by atoms with Crippen molar-refractivity contribution in [1.29, 1.82) is 0 Å². The van der Waals surface area contributed by atoms with Crippen molar-refractivity contribution in [3.05, 3.63) is 41.5 Å². The minimum atomic E-state index is -0.867. The van der Waals surface area contributed by atoms with Gasteiger partial charge in [0.05, 0.1) is 26.2 Å². The van der Waals surface area contributed by atoms with Crippen molar-refractivity contribution < 1.29 is 28.5 Å². The predicted octanol–water partition coefficient (Wildman–Crippen LogP) is 4.22. The van der Waals surface area contributed by atoms with Crippen molar-refractivity contribution in [2.75, 3.05) is 27.4 Å². The van der Waals surface area contributed by atoms with Crippen molar-refractivity contribution in [1.82, 2.24) is 5.32 Å². The Bertz CT molecular complexity index is 1010. The Hall–Kier alpha value is -3.22. The SMILES string of the molecule is COc1ccc(-c2ccc3c(c2)CNC3=O)c(OCC(C)(C)C(=O)OCC(C)C)c1OC. The number of rotatable bonds is 9. The summed E-state index contributed by atoms with van der Waals surface area (Å²) >= 11 is 0. The van der Waals surface area contributed by atoms with Crippen LogP contribution in [0.3, 0.4) is 0 Å². The fourth-order valence-corrected chi connectivity index (χ4v) is 3.42. The second kappa shape index (κ2) is 9.51. The summed E-state index contributed by atoms with van der Waals surface area (Å²) < 4.78 is 22.7. The number of methoxy groups -OCH3 is 2. The number of hydrogen-bond donors (Lipinski definition) is 1. The number of fused-ring (bicyclic) bond motifs is 1. The molecule has 7 heteroatoms. The van der Waals surface area contributed by atoms with E-state index in [1.165, 1.54) is 0 Å². The molecule has 0 aliphatic carbocycles. The predicted molar refractivity (Wildman–Crippen MR) is 121 cm³/mol. The van der Waals surface area contributed by atoms with Gasteiger partial charge in [0.1, 0.15) is 6.61 Å². The van der Waals surface area contributed by atoms with E-state index in [0.29, 0.717) is 36.0 Å². The van der Waals surface area contributed by atoms with Gasteiger partial charge in [-0.1, -0.05) is 19.9 Å². The molecule has 7 nitrogen and oxygen atoms in total. The van der Waals surface area contributed by atoms with E-state index in [2.05, 4.69) is 5.32 Å². The minimum absolute atomic E-state index is 0.0722. The maximum Gasteiger partial charge on any atom is 0.314 e. The molecule has 0 saturated heterocycles. The van der Waals surface area contributed by atoms with Gasteiger partial charge in [0.15, 0.2) is 11.5 Å². The summed E-state index contributed by atoms with van der Waals surface area (Å²) in [6, 6.07) is 9.33. The number of amides is 1. The van der Waals surface area contributed by atoms with E-state index in [1.807, 2.05) is 32.0 Å². The molecule has 32 heavy (non-hydrogen) atoms. The van der Waals surface area contributed by atoms with Crippen LogP contribution in [0.1, 0.15) is 43.6 Å². The molecule has 1 heterocycles. The van der Waals surface area contributed by atoms with Crippen molar-refractivity contribution in [2.45, 2.75) is 34.2 Å². The van der Waals surface area contributed by atoms with E-state index in [4.69, 9.17) is 18.9 Å². The number of carbonyl (C=O) groups excluding carboxylic acids is 2. The third-order valence-corrected chi connectivity index (χ3v) is 5.28. The Balaban J connectivity index is 1.95. The molecule has 1 aliphatic rings. The maximum absolute atomic E-state index is 12.6. The third-order valence-electron chi connectivity index (χ3n) is 5.28. The maximum atomic E-state index is 12.6. The number of hydrogen-bond acceptors (Lipinski definition) is 6. The molecule has 0 bridgehead atoms. The van der Waals surface area contributed by atoms with Crippen LogP contribution < -0.4 is 19.5 Å². The van der Waals surface area contributed by atoms with E-state index >= 15 is 0 Å². The molecule has 0 unspecified atom stereocenters. The van der Waals surface area contributed by atoms with Crippen molar-refractivity contribution in [3.63, 3.8) is 0 Å². The lowest BCUT2D eigenvalue weighted by atomic mass is 9.94. The highest BCUT2D eigenvalue weighted by Crippen LogP contribution is 2.45. The van der Waals surface area contributed by atoms with Crippen LogP contribution in [0.4, 0.5) is 0 Å². The van der Waals surface area contributed by atoms with Gasteiger partial charge >= 0.3 is 5.97 Å². The third kappa shape index (κ3) is 4.82. The van der Waals surface area contributed by atoms with E-state index in [0.717, 1.165) is 16.7 Å². The Morgan fingerprint density at radius 3 is 2.44 bits per heavy atom. The fraction of sp³-hybridized carbons (Fsp3) is 0.440. The Kier molecular flexibility index (Phi) is 6.96. The highest BCUT2D eigenvalue weighted by molar-refractivity contribution is 5.99. The van der Waals surface area contributed by atoms with Crippen LogP contribution in [0.2, 0.25) is 0 Å². The van der Waals surface area contributed by atoms with Gasteiger partial charge in [-0.25, -0.2) is 0 Å². The van der Waals surface area contributed by atoms with Gasteiger partial charge in [-0.15, -0.1) is 0 Å². The highest BCUT2D eigenvalue weighted by atomic mass is 16.5. The number of ether oxygens (including phenoxy) is 4. The van der Waals surface area contributed by atoms with Crippen LogP contribution in [-0.4, -0.2) is 39.3 Å². The average molecular weight is 442 g/mol. The van der Waals surface area contributed by atoms with Gasteiger partial charge < -0.3 is 24.3 Å². The summed E-state index contributed by atoms with van der Waals surface area (Å²) in [5.74, 6) is 1.28. The molecular formula is C25H31NO6. The van der Waals surface area contributed by atoms with Gasteiger partial charge in [-0.2, -0.15) is 0 Å². The van der Waals surface area contributed by atoms with Crippen molar-refractivity contribution >= 4 is 11.9 Å². The molecule has 1 amide bonds. The summed E-state index contributed by atoms with van der Waals surface area (Å²) in [5.41, 5.74) is 2.37. The molecule has 2 aromatic carbocycles. The first kappa shape index (κ1) is 23.4. The molecule has 1 aliphatic heterocycles. The van der Waals surface area contributed by atoms with Gasteiger partial charge in [-0.05, 0) is 55.2 Å². The zero-order valence-electron chi connectivity index (χ0n) is 19.5. The van der Waals surface area contributed by atoms with Crippen LogP contribution in [0, 0.1) is 11.3 Å². The Morgan fingerprint density at radius 2 is 1.78 bits per heavy atom. The molecule has 172 valence electrons. The van der Waals surface area contributed by atoms with E-state index in [1.54, 1.807) is 40.2 Å². The average Bonchev–Trinajstić information content (AvgIpc) is 3.15. The molecular weight excluding hydrogens is 410 g/mol. The van der Waals surface area contributed by atoms with E-state index in [9.17, 15) is 9.59 Å². The number of carbonyl (C=O) groups is 2. The molecule has 0 aromatic heterocycles. The number of esters is 1. The second-order valence-electron chi connectivity index (χ2n) is 8.90. The zero-order valence-corrected chi connectivity index (χ0v) is 19.5. The van der Waals surface area contributed by atoms with Crippen LogP contribution in [0.5, 0.6) is 17.2 Å². The highest BCUT2D eigenvalue weighted by Gasteiger charge is 2.32. The summed E-state index contributed by atoms with van der Waals surface area (Å²) in [4.78, 5) is 24.5.